The minimum Gasteiger partial charge on any atom is -0.478 e. The summed E-state index contributed by atoms with van der Waals surface area (Å²) in [5.74, 6) is -5.03. The Hall–Kier alpha value is -5.13. The summed E-state index contributed by atoms with van der Waals surface area (Å²) in [6.07, 6.45) is 18.8. The quantitative estimate of drug-likeness (QED) is 0.116. The molecule has 6 rings (SSSR count). The Balaban J connectivity index is 0.000000270. The van der Waals surface area contributed by atoms with Gasteiger partial charge in [0.1, 0.15) is 0 Å². The lowest BCUT2D eigenvalue weighted by molar-refractivity contribution is -0.134. The van der Waals surface area contributed by atoms with Gasteiger partial charge in [0, 0.05) is 117 Å². The van der Waals surface area contributed by atoms with Crippen LogP contribution in [0.4, 0.5) is 0 Å². The molecule has 3 aromatic heterocycles. The van der Waals surface area contributed by atoms with E-state index in [0.717, 1.165) is 38.9 Å². The summed E-state index contributed by atoms with van der Waals surface area (Å²) in [6, 6.07) is 3.59. The maximum atomic E-state index is 9.55. The Morgan fingerprint density at radius 3 is 0.934 bits per heavy atom. The van der Waals surface area contributed by atoms with Gasteiger partial charge in [-0.1, -0.05) is 41.5 Å². The van der Waals surface area contributed by atoms with Crippen LogP contribution in [0.3, 0.4) is 0 Å². The van der Waals surface area contributed by atoms with Crippen LogP contribution in [0.1, 0.15) is 116 Å². The summed E-state index contributed by atoms with van der Waals surface area (Å²) in [5.41, 5.74) is 8.29. The highest BCUT2D eigenvalue weighted by Crippen LogP contribution is 2.23. The van der Waals surface area contributed by atoms with E-state index in [2.05, 4.69) is 107 Å². The van der Waals surface area contributed by atoms with Crippen molar-refractivity contribution in [1.29, 1.82) is 0 Å². The number of imidazole rings is 3. The lowest BCUT2D eigenvalue weighted by atomic mass is 9.95. The van der Waals surface area contributed by atoms with Gasteiger partial charge in [0.05, 0.1) is 36.1 Å². The van der Waals surface area contributed by atoms with Crippen LogP contribution >= 0.6 is 0 Å². The van der Waals surface area contributed by atoms with Crippen LogP contribution in [-0.2, 0) is 77.3 Å². The number of hydrogen-bond donors (Lipinski definition) is 7. The summed E-state index contributed by atoms with van der Waals surface area (Å²) in [6.45, 7) is 22.9. The zero-order valence-electron chi connectivity index (χ0n) is 37.6. The third kappa shape index (κ3) is 19.4. The van der Waals surface area contributed by atoms with Crippen molar-refractivity contribution in [1.82, 2.24) is 44.6 Å². The van der Waals surface area contributed by atoms with E-state index in [1.54, 1.807) is 0 Å². The molecule has 7 N–H and O–H groups in total. The monoisotopic (exact) mass is 854 g/mol. The molecule has 0 bridgehead atoms. The highest BCUT2D eigenvalue weighted by molar-refractivity contribution is 5.90. The zero-order valence-corrected chi connectivity index (χ0v) is 37.6. The molecule has 0 saturated carbocycles. The van der Waals surface area contributed by atoms with Gasteiger partial charge in [0.25, 0.3) is 0 Å². The summed E-state index contributed by atoms with van der Waals surface area (Å²) >= 11 is 0. The van der Waals surface area contributed by atoms with E-state index < -0.39 is 23.9 Å². The van der Waals surface area contributed by atoms with Crippen molar-refractivity contribution in [2.75, 3.05) is 0 Å². The molecular formula is C44H71N9O8. The van der Waals surface area contributed by atoms with Gasteiger partial charge in [0.15, 0.2) is 0 Å². The van der Waals surface area contributed by atoms with Gasteiger partial charge in [-0.15, -0.1) is 0 Å². The van der Waals surface area contributed by atoms with E-state index in [1.807, 2.05) is 19.0 Å². The number of carbonyl (C=O) groups is 4. The second-order valence-corrected chi connectivity index (χ2v) is 16.1. The summed E-state index contributed by atoms with van der Waals surface area (Å²) in [7, 11) is 0. The van der Waals surface area contributed by atoms with E-state index in [9.17, 15) is 19.2 Å². The van der Waals surface area contributed by atoms with Crippen LogP contribution in [-0.4, -0.2) is 109 Å². The Morgan fingerprint density at radius 1 is 0.525 bits per heavy atom. The molecule has 0 amide bonds. The number of fused-ring (bicyclic) bond motifs is 3. The third-order valence-electron chi connectivity index (χ3n) is 10.1. The standard InChI is InChI=1S/3C12H21N3.2C4H4O4/c3*1-4-15-8-13-11-7-10(14-9(2)3)5-6-12(11)15;2*5-3(6)1-2-4(7)8/h3*8-10,14H,4-7H2,1-3H3;2*1-2H,(H,5,6)(H,7,8)/b;;;2*2-1+. The van der Waals surface area contributed by atoms with Crippen molar-refractivity contribution >= 4 is 23.9 Å². The molecule has 340 valence electrons. The zero-order chi connectivity index (χ0) is 45.6. The summed E-state index contributed by atoms with van der Waals surface area (Å²) in [5, 5.41) is 42.1. The van der Waals surface area contributed by atoms with Gasteiger partial charge in [-0.3, -0.25) is 0 Å². The number of aryl methyl sites for hydroxylation is 3. The van der Waals surface area contributed by atoms with E-state index in [1.165, 1.54) is 72.7 Å². The fourth-order valence-corrected chi connectivity index (χ4v) is 7.61. The van der Waals surface area contributed by atoms with Gasteiger partial charge in [-0.2, -0.15) is 0 Å². The fraction of sp³-hybridized carbons (Fsp3) is 0.614. The first-order valence-electron chi connectivity index (χ1n) is 21.5. The number of carboxylic acids is 4. The van der Waals surface area contributed by atoms with Crippen LogP contribution in [0.2, 0.25) is 0 Å². The average Bonchev–Trinajstić information content (AvgIpc) is 3.92. The lowest BCUT2D eigenvalue weighted by Crippen LogP contribution is -2.39. The highest BCUT2D eigenvalue weighted by Gasteiger charge is 2.24. The molecule has 61 heavy (non-hydrogen) atoms. The second kappa shape index (κ2) is 26.9. The maximum Gasteiger partial charge on any atom is 0.328 e. The molecule has 0 saturated heterocycles. The van der Waals surface area contributed by atoms with Crippen LogP contribution in [0.15, 0.2) is 43.3 Å². The molecule has 3 heterocycles. The SMILES string of the molecule is CCn1cnc2c1CCC(NC(C)C)C2.CCn1cnc2c1CCC(NC(C)C)C2.CCn1cnc2c1CCC(NC(C)C)C2.O=C(O)/C=C/C(=O)O.O=C(O)/C=C/C(=O)O. The molecule has 0 fully saturated rings. The van der Waals surface area contributed by atoms with Gasteiger partial charge in [-0.25, -0.2) is 34.1 Å². The van der Waals surface area contributed by atoms with E-state index in [4.69, 9.17) is 20.4 Å². The Bertz CT molecular complexity index is 1650. The topological polar surface area (TPSA) is 239 Å². The Kier molecular flexibility index (Phi) is 23.0. The third-order valence-corrected chi connectivity index (χ3v) is 10.1. The van der Waals surface area contributed by atoms with Gasteiger partial charge in [-0.05, 0) is 59.3 Å². The van der Waals surface area contributed by atoms with E-state index >= 15 is 0 Å². The van der Waals surface area contributed by atoms with E-state index in [-0.39, 0.29) is 0 Å². The van der Waals surface area contributed by atoms with Crippen LogP contribution in [0.25, 0.3) is 0 Å². The van der Waals surface area contributed by atoms with Gasteiger partial charge in [0.2, 0.25) is 0 Å². The van der Waals surface area contributed by atoms with Crippen LogP contribution in [0.5, 0.6) is 0 Å². The molecule has 0 aliphatic heterocycles. The maximum absolute atomic E-state index is 9.55. The highest BCUT2D eigenvalue weighted by atomic mass is 16.4. The van der Waals surface area contributed by atoms with Crippen molar-refractivity contribution in [2.24, 2.45) is 0 Å². The smallest absolute Gasteiger partial charge is 0.328 e. The first kappa shape index (κ1) is 52.0. The molecule has 3 aliphatic carbocycles. The first-order chi connectivity index (χ1) is 28.9. The molecule has 3 aliphatic rings. The number of aliphatic carboxylic acids is 4. The number of hydrogen-bond acceptors (Lipinski definition) is 10. The van der Waals surface area contributed by atoms with Gasteiger partial charge >= 0.3 is 23.9 Å². The van der Waals surface area contributed by atoms with Crippen molar-refractivity contribution in [3.05, 3.63) is 77.4 Å². The van der Waals surface area contributed by atoms with Crippen LogP contribution in [0, 0.1) is 0 Å². The number of rotatable bonds is 13. The van der Waals surface area contributed by atoms with Crippen molar-refractivity contribution < 1.29 is 39.6 Å². The minimum atomic E-state index is -1.26. The molecule has 0 aromatic carbocycles. The molecule has 17 nitrogen and oxygen atoms in total. The van der Waals surface area contributed by atoms with Crippen molar-refractivity contribution in [2.45, 2.75) is 176 Å². The molecule has 0 radical (unpaired) electrons. The van der Waals surface area contributed by atoms with Crippen molar-refractivity contribution in [3.8, 4) is 0 Å². The molecular weight excluding hydrogens is 783 g/mol. The normalized spacial score (nSPS) is 17.7. The van der Waals surface area contributed by atoms with Gasteiger partial charge < -0.3 is 50.1 Å². The lowest BCUT2D eigenvalue weighted by Gasteiger charge is -2.25. The van der Waals surface area contributed by atoms with E-state index in [0.29, 0.717) is 60.6 Å². The average molecular weight is 854 g/mol. The summed E-state index contributed by atoms with van der Waals surface area (Å²) < 4.78 is 6.84. The second-order valence-electron chi connectivity index (χ2n) is 16.1. The Morgan fingerprint density at radius 2 is 0.754 bits per heavy atom. The Labute approximate surface area is 360 Å². The number of aromatic nitrogens is 6. The number of carboxylic acid groups (broad SMARTS) is 4. The molecule has 0 spiro atoms. The molecule has 3 aromatic rings. The molecule has 17 heteroatoms. The predicted molar refractivity (Wildman–Crippen MR) is 235 cm³/mol. The number of nitrogens with one attached hydrogen (secondary N) is 3. The summed E-state index contributed by atoms with van der Waals surface area (Å²) in [4.78, 5) is 51.7. The predicted octanol–water partition coefficient (Wildman–Crippen LogP) is 4.70. The van der Waals surface area contributed by atoms with Crippen molar-refractivity contribution in [3.63, 3.8) is 0 Å². The largest absolute Gasteiger partial charge is 0.478 e. The molecule has 3 atom stereocenters. The van der Waals surface area contributed by atoms with Crippen LogP contribution < -0.4 is 16.0 Å². The molecule has 3 unspecified atom stereocenters. The number of nitrogens with zero attached hydrogens (tertiary/aromatic N) is 6. The first-order valence-corrected chi connectivity index (χ1v) is 21.5. The fourth-order valence-electron chi connectivity index (χ4n) is 7.61. The minimum absolute atomic E-state index is 0.558.